The number of nitrogens with two attached hydrogens (primary N) is 1. The number of benzene rings is 5. The first-order chi connectivity index (χ1) is 31.9. The molecule has 2 fully saturated rings. The van der Waals surface area contributed by atoms with Crippen LogP contribution < -0.4 is 11.1 Å². The summed E-state index contributed by atoms with van der Waals surface area (Å²) >= 11 is 0. The maximum Gasteiger partial charge on any atom is 0.405 e. The van der Waals surface area contributed by atoms with Crippen LogP contribution in [0.25, 0.3) is 54.7 Å². The summed E-state index contributed by atoms with van der Waals surface area (Å²) in [4.78, 5) is 74.7. The molecule has 2 saturated heterocycles. The summed E-state index contributed by atoms with van der Waals surface area (Å²) in [6.45, 7) is 12.3. The summed E-state index contributed by atoms with van der Waals surface area (Å²) in [5, 5.41) is 15.9. The van der Waals surface area contributed by atoms with Crippen LogP contribution in [0.5, 0.6) is 0 Å². The third-order valence-corrected chi connectivity index (χ3v) is 13.3. The van der Waals surface area contributed by atoms with Gasteiger partial charge in [-0.2, -0.15) is 0 Å². The van der Waals surface area contributed by atoms with Crippen LogP contribution in [0.4, 0.5) is 4.79 Å². The lowest BCUT2D eigenvalue weighted by molar-refractivity contribution is -0.168. The van der Waals surface area contributed by atoms with Crippen molar-refractivity contribution in [2.75, 3.05) is 26.8 Å². The molecule has 15 heteroatoms. The molecule has 0 aliphatic carbocycles. The van der Waals surface area contributed by atoms with E-state index in [-0.39, 0.29) is 29.7 Å². The molecule has 6 atom stereocenters. The van der Waals surface area contributed by atoms with Crippen molar-refractivity contribution in [1.29, 1.82) is 0 Å². The Morgan fingerprint density at radius 1 is 0.806 bits per heavy atom. The number of methoxy groups -OCH3 is 1. The van der Waals surface area contributed by atoms with Crippen LogP contribution in [0, 0.1) is 17.8 Å². The van der Waals surface area contributed by atoms with E-state index in [0.717, 1.165) is 54.7 Å². The number of nitrogens with zero attached hydrogens (tertiary/aromatic N) is 4. The second-order valence-corrected chi connectivity index (χ2v) is 19.8. The normalized spacial score (nSPS) is 20.3. The number of aromatic amines is 2. The van der Waals surface area contributed by atoms with E-state index in [4.69, 9.17) is 25.2 Å². The third-order valence-electron chi connectivity index (χ3n) is 13.3. The van der Waals surface area contributed by atoms with E-state index in [1.807, 2.05) is 26.0 Å². The van der Waals surface area contributed by atoms with E-state index in [9.17, 15) is 24.3 Å². The highest BCUT2D eigenvalue weighted by atomic mass is 16.6. The van der Waals surface area contributed by atoms with E-state index in [1.54, 1.807) is 68.0 Å². The van der Waals surface area contributed by atoms with E-state index >= 15 is 0 Å². The van der Waals surface area contributed by atoms with Crippen LogP contribution in [0.3, 0.4) is 0 Å². The maximum absolute atomic E-state index is 14.8. The first-order valence-corrected chi connectivity index (χ1v) is 23.0. The molecular weight excluding hydrogens is 849 g/mol. The second kappa shape index (κ2) is 17.4. The van der Waals surface area contributed by atoms with Crippen molar-refractivity contribution in [3.63, 3.8) is 0 Å². The molecule has 0 saturated carbocycles. The van der Waals surface area contributed by atoms with Crippen LogP contribution in [0.2, 0.25) is 0 Å². The van der Waals surface area contributed by atoms with Gasteiger partial charge in [0.25, 0.3) is 5.91 Å². The predicted octanol–water partition coefficient (Wildman–Crippen LogP) is 8.35. The van der Waals surface area contributed by atoms with Crippen molar-refractivity contribution in [3.8, 4) is 11.1 Å². The summed E-state index contributed by atoms with van der Waals surface area (Å²) in [6.07, 6.45) is 0.0463. The van der Waals surface area contributed by atoms with Gasteiger partial charge in [-0.1, -0.05) is 87.5 Å². The standard InChI is InChI=1S/C52H58N8O7/c1-28(2)42(58-50(64)65)47(61)59-25-29(3)21-40(59)45-54-38-19-15-33-23-31(13-17-36(33)43(38)56-45)32-14-18-37-34(24-32)16-20-39-44(37)57-46(55-39)41-22-30(27-66-7)26-60(41)48(62)52(53,35-11-9-8-10-12-35)49(63)67-51(4,5)6/h8-20,23-24,28-30,40-42,58H,21-22,25-27,53H2,1-7H3,(H,54,56)(H,55,57)(H,64,65)/t29-,30-,40-,41-,42-,52+/m0/s1. The van der Waals surface area contributed by atoms with Crippen LogP contribution in [-0.4, -0.2) is 97.2 Å². The van der Waals surface area contributed by atoms with Gasteiger partial charge in [0, 0.05) is 36.9 Å². The van der Waals surface area contributed by atoms with Gasteiger partial charge in [-0.15, -0.1) is 0 Å². The highest BCUT2D eigenvalue weighted by Gasteiger charge is 2.53. The molecule has 5 aromatic carbocycles. The number of amides is 3. The molecule has 6 N–H and O–H groups in total. The molecule has 0 unspecified atom stereocenters. The van der Waals surface area contributed by atoms with Crippen molar-refractivity contribution >= 4 is 67.5 Å². The molecule has 7 aromatic rings. The molecule has 4 heterocycles. The van der Waals surface area contributed by atoms with Gasteiger partial charge in [0.05, 0.1) is 40.8 Å². The van der Waals surface area contributed by atoms with Gasteiger partial charge >= 0.3 is 12.1 Å². The highest BCUT2D eigenvalue weighted by Crippen LogP contribution is 2.41. The lowest BCUT2D eigenvalue weighted by Crippen LogP contribution is -2.59. The molecule has 67 heavy (non-hydrogen) atoms. The van der Waals surface area contributed by atoms with Gasteiger partial charge in [-0.05, 0) is 97.2 Å². The summed E-state index contributed by atoms with van der Waals surface area (Å²) in [5.41, 5.74) is 9.61. The number of hydrogen-bond donors (Lipinski definition) is 5. The zero-order valence-corrected chi connectivity index (χ0v) is 38.9. The van der Waals surface area contributed by atoms with E-state index in [1.165, 1.54) is 0 Å². The molecule has 0 spiro atoms. The summed E-state index contributed by atoms with van der Waals surface area (Å²) in [7, 11) is 1.63. The third kappa shape index (κ3) is 8.46. The number of fused-ring (bicyclic) bond motifs is 6. The summed E-state index contributed by atoms with van der Waals surface area (Å²) < 4.78 is 11.4. The zero-order valence-electron chi connectivity index (χ0n) is 38.9. The molecule has 3 amide bonds. The number of esters is 1. The number of carbonyl (C=O) groups excluding carboxylic acids is 3. The molecule has 2 aliphatic heterocycles. The van der Waals surface area contributed by atoms with Crippen molar-refractivity contribution in [2.24, 2.45) is 23.5 Å². The predicted molar refractivity (Wildman–Crippen MR) is 257 cm³/mol. The monoisotopic (exact) mass is 906 g/mol. The van der Waals surface area contributed by atoms with Gasteiger partial charge in [0.2, 0.25) is 11.4 Å². The SMILES string of the molecule is COC[C@H]1C[C@@H](c2nc3ccc4cc(-c5ccc6c(ccc7nc([C@@H]8C[C@H](C)CN8C(=O)[C@@H](NC(=O)O)C(C)C)[nH]c76)c5)ccc4c3[nH]2)N(C(=O)[C@@](N)(C(=O)OC(C)(C)C)c2ccccc2)C1. The summed E-state index contributed by atoms with van der Waals surface area (Å²) in [5.74, 6) is -0.368. The number of carboxylic acid groups (broad SMARTS) is 1. The lowest BCUT2D eigenvalue weighted by atomic mass is 9.88. The Labute approximate surface area is 388 Å². The average Bonchev–Trinajstić information content (AvgIpc) is 4.11. The largest absolute Gasteiger partial charge is 0.465 e. The lowest BCUT2D eigenvalue weighted by Gasteiger charge is -2.35. The number of likely N-dealkylation sites (tertiary alicyclic amines) is 2. The van der Waals surface area contributed by atoms with Crippen LogP contribution in [0.15, 0.2) is 91.0 Å². The molecule has 2 aromatic heterocycles. The number of hydrogen-bond acceptors (Lipinski definition) is 9. The number of carbonyl (C=O) groups is 4. The Morgan fingerprint density at radius 3 is 1.90 bits per heavy atom. The van der Waals surface area contributed by atoms with Crippen LogP contribution in [0.1, 0.15) is 83.7 Å². The maximum atomic E-state index is 14.8. The Bertz CT molecular complexity index is 3050. The van der Waals surface area contributed by atoms with Gasteiger partial charge in [0.15, 0.2) is 0 Å². The minimum absolute atomic E-state index is 0.0250. The first-order valence-electron chi connectivity index (χ1n) is 23.0. The molecule has 15 nitrogen and oxygen atoms in total. The number of aromatic nitrogens is 4. The first kappa shape index (κ1) is 45.3. The number of rotatable bonds is 11. The quantitative estimate of drug-likeness (QED) is 0.0619. The van der Waals surface area contributed by atoms with Crippen molar-refractivity contribution in [1.82, 2.24) is 35.1 Å². The fraction of sp³-hybridized carbons (Fsp3) is 0.385. The topological polar surface area (TPSA) is 209 Å². The molecule has 2 aliphatic rings. The van der Waals surface area contributed by atoms with E-state index in [2.05, 4.69) is 70.7 Å². The summed E-state index contributed by atoms with van der Waals surface area (Å²) in [6, 6.07) is 27.8. The van der Waals surface area contributed by atoms with E-state index in [0.29, 0.717) is 49.8 Å². The second-order valence-electron chi connectivity index (χ2n) is 19.8. The minimum atomic E-state index is -2.10. The molecule has 9 rings (SSSR count). The molecular formula is C52H58N8O7. The fourth-order valence-corrected chi connectivity index (χ4v) is 10.1. The van der Waals surface area contributed by atoms with Gasteiger partial charge in [0.1, 0.15) is 23.3 Å². The number of ether oxygens (including phenoxy) is 2. The van der Waals surface area contributed by atoms with Gasteiger partial charge in [-0.3, -0.25) is 9.59 Å². The van der Waals surface area contributed by atoms with Crippen LogP contribution >= 0.6 is 0 Å². The Morgan fingerprint density at radius 2 is 1.37 bits per heavy atom. The Hall–Kier alpha value is -6.84. The number of H-pyrrole nitrogens is 2. The number of nitrogens with one attached hydrogen (secondary N) is 3. The van der Waals surface area contributed by atoms with Gasteiger partial charge in [-0.25, -0.2) is 19.6 Å². The fourth-order valence-electron chi connectivity index (χ4n) is 10.1. The number of imidazole rings is 2. The Kier molecular flexibility index (Phi) is 11.8. The highest BCUT2D eigenvalue weighted by molar-refractivity contribution is 6.09. The van der Waals surface area contributed by atoms with Crippen LogP contribution in [-0.2, 0) is 29.4 Å². The molecule has 0 bridgehead atoms. The molecule has 348 valence electrons. The van der Waals surface area contributed by atoms with Gasteiger partial charge < -0.3 is 45.4 Å². The van der Waals surface area contributed by atoms with Crippen molar-refractivity contribution < 1.29 is 33.8 Å². The van der Waals surface area contributed by atoms with E-state index < -0.39 is 41.2 Å². The zero-order chi connectivity index (χ0) is 47.5. The minimum Gasteiger partial charge on any atom is -0.465 e. The van der Waals surface area contributed by atoms with Crippen molar-refractivity contribution in [2.45, 2.75) is 83.6 Å². The smallest absolute Gasteiger partial charge is 0.405 e. The average molecular weight is 907 g/mol. The molecule has 0 radical (unpaired) electrons. The van der Waals surface area contributed by atoms with Crippen molar-refractivity contribution in [3.05, 3.63) is 108 Å². The Balaban J connectivity index is 1.01.